The van der Waals surface area contributed by atoms with Gasteiger partial charge in [0.15, 0.2) is 0 Å². The summed E-state index contributed by atoms with van der Waals surface area (Å²) in [5.74, 6) is 0.930. The first-order valence-electron chi connectivity index (χ1n) is 8.84. The van der Waals surface area contributed by atoms with E-state index in [2.05, 4.69) is 65.0 Å². The van der Waals surface area contributed by atoms with Crippen molar-refractivity contribution in [3.8, 4) is 5.75 Å². The average Bonchev–Trinajstić information content (AvgIpc) is 2.75. The SMILES string of the molecule is CCCCOc1ccc2cc(B3OC(C)(C)C(C)(C)O3)ccc2c1. The number of unbranched alkanes of at least 4 members (excludes halogenated alkanes) is 1. The number of hydrogen-bond donors (Lipinski definition) is 0. The van der Waals surface area contributed by atoms with Gasteiger partial charge in [-0.3, -0.25) is 0 Å². The molecule has 128 valence electrons. The van der Waals surface area contributed by atoms with E-state index in [1.807, 2.05) is 6.07 Å². The summed E-state index contributed by atoms with van der Waals surface area (Å²) in [4.78, 5) is 0. The van der Waals surface area contributed by atoms with Gasteiger partial charge in [-0.05, 0) is 62.5 Å². The van der Waals surface area contributed by atoms with Crippen LogP contribution in [-0.2, 0) is 9.31 Å². The molecule has 1 heterocycles. The van der Waals surface area contributed by atoms with Crippen LogP contribution < -0.4 is 10.2 Å². The lowest BCUT2D eigenvalue weighted by molar-refractivity contribution is 0.00578. The fraction of sp³-hybridized carbons (Fsp3) is 0.500. The highest BCUT2D eigenvalue weighted by Crippen LogP contribution is 2.36. The van der Waals surface area contributed by atoms with Crippen LogP contribution in [0.25, 0.3) is 10.8 Å². The Bertz CT molecular complexity index is 708. The number of benzene rings is 2. The van der Waals surface area contributed by atoms with E-state index in [0.29, 0.717) is 0 Å². The summed E-state index contributed by atoms with van der Waals surface area (Å²) in [6, 6.07) is 12.6. The third-order valence-corrected chi connectivity index (χ3v) is 5.13. The Morgan fingerprint density at radius 1 is 0.917 bits per heavy atom. The predicted molar refractivity (Wildman–Crippen MR) is 100 cm³/mol. The molecule has 0 unspecified atom stereocenters. The van der Waals surface area contributed by atoms with Gasteiger partial charge in [0.05, 0.1) is 17.8 Å². The Labute approximate surface area is 145 Å². The molecule has 1 aliphatic heterocycles. The van der Waals surface area contributed by atoms with Crippen LogP contribution in [0, 0.1) is 0 Å². The second-order valence-corrected chi connectivity index (χ2v) is 7.56. The fourth-order valence-electron chi connectivity index (χ4n) is 2.79. The van der Waals surface area contributed by atoms with Crippen LogP contribution in [0.4, 0.5) is 0 Å². The van der Waals surface area contributed by atoms with Gasteiger partial charge in [0.25, 0.3) is 0 Å². The molecule has 4 heteroatoms. The molecule has 0 aromatic heterocycles. The normalized spacial score (nSPS) is 19.0. The van der Waals surface area contributed by atoms with E-state index in [1.54, 1.807) is 0 Å². The zero-order valence-electron chi connectivity index (χ0n) is 15.4. The highest BCUT2D eigenvalue weighted by atomic mass is 16.7. The number of ether oxygens (including phenoxy) is 1. The summed E-state index contributed by atoms with van der Waals surface area (Å²) in [5.41, 5.74) is 0.425. The van der Waals surface area contributed by atoms with Gasteiger partial charge in [-0.1, -0.05) is 37.6 Å². The van der Waals surface area contributed by atoms with Crippen molar-refractivity contribution < 1.29 is 14.0 Å². The summed E-state index contributed by atoms with van der Waals surface area (Å²) in [6.45, 7) is 11.2. The van der Waals surface area contributed by atoms with E-state index in [0.717, 1.165) is 30.7 Å². The Morgan fingerprint density at radius 3 is 2.21 bits per heavy atom. The van der Waals surface area contributed by atoms with E-state index in [1.165, 1.54) is 10.8 Å². The molecular weight excluding hydrogens is 299 g/mol. The predicted octanol–water partition coefficient (Wildman–Crippen LogP) is 4.32. The minimum atomic E-state index is -0.320. The first kappa shape index (κ1) is 17.3. The smallest absolute Gasteiger partial charge is 0.494 e. The van der Waals surface area contributed by atoms with Crippen molar-refractivity contribution in [3.63, 3.8) is 0 Å². The maximum Gasteiger partial charge on any atom is 0.494 e. The molecule has 1 fully saturated rings. The summed E-state index contributed by atoms with van der Waals surface area (Å²) in [7, 11) is -0.320. The van der Waals surface area contributed by atoms with Crippen molar-refractivity contribution in [3.05, 3.63) is 36.4 Å². The molecule has 24 heavy (non-hydrogen) atoms. The van der Waals surface area contributed by atoms with Crippen molar-refractivity contribution in [2.45, 2.75) is 58.7 Å². The Hall–Kier alpha value is -1.52. The van der Waals surface area contributed by atoms with Crippen molar-refractivity contribution in [1.82, 2.24) is 0 Å². The zero-order chi connectivity index (χ0) is 17.4. The monoisotopic (exact) mass is 326 g/mol. The Morgan fingerprint density at radius 2 is 1.54 bits per heavy atom. The van der Waals surface area contributed by atoms with Crippen molar-refractivity contribution in [2.75, 3.05) is 6.61 Å². The van der Waals surface area contributed by atoms with E-state index >= 15 is 0 Å². The van der Waals surface area contributed by atoms with Gasteiger partial charge in [0.2, 0.25) is 0 Å². The quantitative estimate of drug-likeness (QED) is 0.605. The van der Waals surface area contributed by atoms with Crippen LogP contribution in [-0.4, -0.2) is 24.9 Å². The first-order valence-corrected chi connectivity index (χ1v) is 8.84. The maximum absolute atomic E-state index is 6.14. The third kappa shape index (κ3) is 3.31. The molecule has 2 aromatic carbocycles. The molecule has 0 saturated carbocycles. The van der Waals surface area contributed by atoms with Gasteiger partial charge in [-0.2, -0.15) is 0 Å². The largest absolute Gasteiger partial charge is 0.494 e. The van der Waals surface area contributed by atoms with Crippen molar-refractivity contribution >= 4 is 23.4 Å². The average molecular weight is 326 g/mol. The van der Waals surface area contributed by atoms with E-state index in [9.17, 15) is 0 Å². The number of rotatable bonds is 5. The minimum absolute atomic E-state index is 0.316. The van der Waals surface area contributed by atoms with E-state index in [4.69, 9.17) is 14.0 Å². The molecule has 0 amide bonds. The van der Waals surface area contributed by atoms with Crippen LogP contribution in [0.3, 0.4) is 0 Å². The highest BCUT2D eigenvalue weighted by molar-refractivity contribution is 6.62. The molecule has 0 aliphatic carbocycles. The minimum Gasteiger partial charge on any atom is -0.494 e. The lowest BCUT2D eigenvalue weighted by Gasteiger charge is -2.32. The molecular formula is C20H27BO3. The molecule has 2 aromatic rings. The summed E-state index contributed by atoms with van der Waals surface area (Å²) < 4.78 is 18.1. The number of hydrogen-bond acceptors (Lipinski definition) is 3. The van der Waals surface area contributed by atoms with Crippen molar-refractivity contribution in [1.29, 1.82) is 0 Å². The second-order valence-electron chi connectivity index (χ2n) is 7.56. The highest BCUT2D eigenvalue weighted by Gasteiger charge is 2.51. The molecule has 0 bridgehead atoms. The molecule has 0 N–H and O–H groups in total. The lowest BCUT2D eigenvalue weighted by atomic mass is 9.78. The maximum atomic E-state index is 6.14. The molecule has 3 nitrogen and oxygen atoms in total. The summed E-state index contributed by atoms with van der Waals surface area (Å²) >= 11 is 0. The summed E-state index contributed by atoms with van der Waals surface area (Å²) in [6.07, 6.45) is 2.23. The molecule has 0 spiro atoms. The van der Waals surface area contributed by atoms with Gasteiger partial charge in [0.1, 0.15) is 5.75 Å². The van der Waals surface area contributed by atoms with Gasteiger partial charge < -0.3 is 14.0 Å². The standard InChI is InChI=1S/C20H27BO3/c1-6-7-12-22-18-11-9-15-13-17(10-8-16(15)14-18)21-23-19(2,3)20(4,5)24-21/h8-11,13-14H,6-7,12H2,1-5H3. The van der Waals surface area contributed by atoms with Crippen LogP contribution >= 0.6 is 0 Å². The Balaban J connectivity index is 1.81. The lowest BCUT2D eigenvalue weighted by Crippen LogP contribution is -2.41. The van der Waals surface area contributed by atoms with Crippen LogP contribution in [0.5, 0.6) is 5.75 Å². The zero-order valence-corrected chi connectivity index (χ0v) is 15.4. The van der Waals surface area contributed by atoms with E-state index < -0.39 is 0 Å². The van der Waals surface area contributed by atoms with Gasteiger partial charge in [0, 0.05) is 0 Å². The van der Waals surface area contributed by atoms with E-state index in [-0.39, 0.29) is 18.3 Å². The van der Waals surface area contributed by atoms with Crippen LogP contribution in [0.2, 0.25) is 0 Å². The van der Waals surface area contributed by atoms with Crippen LogP contribution in [0.15, 0.2) is 36.4 Å². The van der Waals surface area contributed by atoms with Gasteiger partial charge in [-0.15, -0.1) is 0 Å². The second kappa shape index (κ2) is 6.42. The molecule has 0 atom stereocenters. The van der Waals surface area contributed by atoms with Crippen LogP contribution in [0.1, 0.15) is 47.5 Å². The summed E-state index contributed by atoms with van der Waals surface area (Å²) in [5, 5.41) is 2.34. The molecule has 1 aliphatic rings. The first-order chi connectivity index (χ1) is 11.3. The van der Waals surface area contributed by atoms with Crippen molar-refractivity contribution in [2.24, 2.45) is 0 Å². The third-order valence-electron chi connectivity index (χ3n) is 5.13. The van der Waals surface area contributed by atoms with Gasteiger partial charge in [-0.25, -0.2) is 0 Å². The molecule has 1 saturated heterocycles. The molecule has 0 radical (unpaired) electrons. The molecule has 3 rings (SSSR count). The number of fused-ring (bicyclic) bond motifs is 1. The fourth-order valence-corrected chi connectivity index (χ4v) is 2.79. The Kier molecular flexibility index (Phi) is 4.63. The van der Waals surface area contributed by atoms with Gasteiger partial charge >= 0.3 is 7.12 Å². The topological polar surface area (TPSA) is 27.7 Å².